The molecular formula is C19H26INO5S. The van der Waals surface area contributed by atoms with Crippen molar-refractivity contribution < 1.29 is 23.9 Å². The van der Waals surface area contributed by atoms with Crippen molar-refractivity contribution in [3.63, 3.8) is 0 Å². The number of methoxy groups -OCH3 is 1. The van der Waals surface area contributed by atoms with Crippen molar-refractivity contribution in [1.82, 2.24) is 5.32 Å². The summed E-state index contributed by atoms with van der Waals surface area (Å²) in [6.45, 7) is 5.47. The molecular weight excluding hydrogens is 481 g/mol. The quantitative estimate of drug-likeness (QED) is 0.367. The van der Waals surface area contributed by atoms with E-state index in [9.17, 15) is 14.4 Å². The van der Waals surface area contributed by atoms with Crippen molar-refractivity contribution in [2.45, 2.75) is 58.1 Å². The minimum Gasteiger partial charge on any atom is -0.465 e. The molecule has 1 fully saturated rings. The van der Waals surface area contributed by atoms with Crippen LogP contribution in [0.5, 0.6) is 0 Å². The number of aldehydes is 1. The van der Waals surface area contributed by atoms with E-state index in [0.29, 0.717) is 24.8 Å². The van der Waals surface area contributed by atoms with Crippen LogP contribution in [-0.4, -0.2) is 37.1 Å². The normalized spacial score (nSPS) is 22.8. The summed E-state index contributed by atoms with van der Waals surface area (Å²) >= 11 is 3.72. The van der Waals surface area contributed by atoms with E-state index in [1.807, 2.05) is 20.8 Å². The van der Waals surface area contributed by atoms with E-state index in [1.165, 1.54) is 18.4 Å². The molecule has 1 aromatic rings. The van der Waals surface area contributed by atoms with Crippen LogP contribution < -0.4 is 5.32 Å². The fourth-order valence-corrected chi connectivity index (χ4v) is 5.08. The Bertz CT molecular complexity index is 697. The maximum atomic E-state index is 12.2. The molecule has 1 heterocycles. The Morgan fingerprint density at radius 2 is 2.07 bits per heavy atom. The number of halogens is 1. The van der Waals surface area contributed by atoms with Crippen molar-refractivity contribution >= 4 is 52.3 Å². The van der Waals surface area contributed by atoms with E-state index in [-0.39, 0.29) is 23.8 Å². The van der Waals surface area contributed by atoms with Gasteiger partial charge in [0.15, 0.2) is 0 Å². The fourth-order valence-electron chi connectivity index (χ4n) is 3.39. The van der Waals surface area contributed by atoms with Crippen LogP contribution in [0.3, 0.4) is 0 Å². The average molecular weight is 507 g/mol. The first-order valence-electron chi connectivity index (χ1n) is 8.93. The van der Waals surface area contributed by atoms with Crippen molar-refractivity contribution in [3.05, 3.63) is 19.4 Å². The third-order valence-corrected chi connectivity index (χ3v) is 6.85. The monoisotopic (exact) mass is 507 g/mol. The highest BCUT2D eigenvalue weighted by molar-refractivity contribution is 14.1. The molecule has 6 nitrogen and oxygen atoms in total. The molecule has 1 amide bonds. The molecule has 1 aliphatic carbocycles. The number of carbonyl (C=O) groups is 3. The summed E-state index contributed by atoms with van der Waals surface area (Å²) in [5, 5.41) is 4.78. The van der Waals surface area contributed by atoms with Gasteiger partial charge in [-0.25, -0.2) is 9.59 Å². The summed E-state index contributed by atoms with van der Waals surface area (Å²) in [6.07, 6.45) is 3.28. The van der Waals surface area contributed by atoms with E-state index in [0.717, 1.165) is 21.2 Å². The summed E-state index contributed by atoms with van der Waals surface area (Å²) < 4.78 is 11.3. The summed E-state index contributed by atoms with van der Waals surface area (Å²) in [5.41, 5.74) is 0.927. The molecule has 1 unspecified atom stereocenters. The molecule has 0 spiro atoms. The molecule has 27 heavy (non-hydrogen) atoms. The Balaban J connectivity index is 2.19. The smallest absolute Gasteiger partial charge is 0.407 e. The number of hydrogen-bond acceptors (Lipinski definition) is 6. The first kappa shape index (κ1) is 22.1. The van der Waals surface area contributed by atoms with Crippen LogP contribution in [0.2, 0.25) is 0 Å². The van der Waals surface area contributed by atoms with Crippen LogP contribution >= 0.6 is 33.9 Å². The van der Waals surface area contributed by atoms with Gasteiger partial charge in [-0.3, -0.25) is 0 Å². The van der Waals surface area contributed by atoms with Crippen molar-refractivity contribution in [2.75, 3.05) is 7.11 Å². The second kappa shape index (κ2) is 9.36. The predicted octanol–water partition coefficient (Wildman–Crippen LogP) is 4.19. The van der Waals surface area contributed by atoms with Gasteiger partial charge < -0.3 is 19.6 Å². The Morgan fingerprint density at radius 1 is 1.37 bits per heavy atom. The number of alkyl carbamates (subject to hydrolysis) is 1. The van der Waals surface area contributed by atoms with E-state index in [1.54, 1.807) is 5.38 Å². The zero-order valence-electron chi connectivity index (χ0n) is 16.0. The van der Waals surface area contributed by atoms with Gasteiger partial charge in [0.1, 0.15) is 11.9 Å². The van der Waals surface area contributed by atoms with Gasteiger partial charge in [0.05, 0.1) is 15.6 Å². The molecule has 3 atom stereocenters. The lowest BCUT2D eigenvalue weighted by Gasteiger charge is -2.35. The number of amides is 1. The summed E-state index contributed by atoms with van der Waals surface area (Å²) in [6, 6.07) is -0.0998. The molecule has 1 saturated carbocycles. The number of nitrogens with one attached hydrogen (secondary N) is 1. The molecule has 0 radical (unpaired) electrons. The highest BCUT2D eigenvalue weighted by Gasteiger charge is 2.34. The zero-order chi connectivity index (χ0) is 20.2. The molecule has 8 heteroatoms. The SMILES string of the molecule is COC(=O)c1csc(I)c1CC1C[C@@H](C=O)CC[C@H]1NC(=O)OC(C)(C)C. The Kier molecular flexibility index (Phi) is 7.67. The van der Waals surface area contributed by atoms with Gasteiger partial charge in [-0.1, -0.05) is 0 Å². The topological polar surface area (TPSA) is 81.7 Å². The largest absolute Gasteiger partial charge is 0.465 e. The predicted molar refractivity (Wildman–Crippen MR) is 112 cm³/mol. The lowest BCUT2D eigenvalue weighted by Crippen LogP contribution is -2.46. The maximum absolute atomic E-state index is 12.2. The average Bonchev–Trinajstić information content (AvgIpc) is 2.94. The van der Waals surface area contributed by atoms with E-state index < -0.39 is 11.7 Å². The molecule has 0 aliphatic heterocycles. The Morgan fingerprint density at radius 3 is 2.67 bits per heavy atom. The molecule has 0 aromatic carbocycles. The van der Waals surface area contributed by atoms with Gasteiger partial charge in [0.2, 0.25) is 0 Å². The number of rotatable bonds is 5. The van der Waals surface area contributed by atoms with Crippen LogP contribution in [0.4, 0.5) is 4.79 Å². The highest BCUT2D eigenvalue weighted by atomic mass is 127. The number of hydrogen-bond donors (Lipinski definition) is 1. The van der Waals surface area contributed by atoms with Gasteiger partial charge in [-0.15, -0.1) is 11.3 Å². The number of thiophene rings is 1. The van der Waals surface area contributed by atoms with Gasteiger partial charge >= 0.3 is 12.1 Å². The first-order valence-corrected chi connectivity index (χ1v) is 10.9. The fraction of sp³-hybridized carbons (Fsp3) is 0.632. The van der Waals surface area contributed by atoms with Crippen LogP contribution in [0.15, 0.2) is 5.38 Å². The van der Waals surface area contributed by atoms with Crippen LogP contribution in [-0.2, 0) is 20.7 Å². The van der Waals surface area contributed by atoms with Crippen molar-refractivity contribution in [3.8, 4) is 0 Å². The number of carbonyl (C=O) groups excluding carboxylic acids is 3. The molecule has 150 valence electrons. The standard InChI is InChI=1S/C19H26INO5S/c1-19(2,3)26-18(24)21-15-6-5-11(9-22)7-12(15)8-13-14(17(23)25-4)10-27-16(13)20/h9-12,15H,5-8H2,1-4H3,(H,21,24)/t11-,12?,15+/m0/s1. The first-order chi connectivity index (χ1) is 12.6. The molecule has 1 N–H and O–H groups in total. The van der Waals surface area contributed by atoms with E-state index >= 15 is 0 Å². The summed E-state index contributed by atoms with van der Waals surface area (Å²) in [4.78, 5) is 35.6. The van der Waals surface area contributed by atoms with Gasteiger partial charge in [0, 0.05) is 17.3 Å². The second-order valence-corrected chi connectivity index (χ2v) is 10.5. The Hall–Kier alpha value is -1.16. The minimum absolute atomic E-state index is 0.0236. The van der Waals surface area contributed by atoms with Crippen LogP contribution in [0, 0.1) is 14.7 Å². The molecule has 0 bridgehead atoms. The summed E-state index contributed by atoms with van der Waals surface area (Å²) in [5.74, 6) is -0.332. The van der Waals surface area contributed by atoms with E-state index in [2.05, 4.69) is 27.9 Å². The third-order valence-electron chi connectivity index (χ3n) is 4.63. The van der Waals surface area contributed by atoms with Gasteiger partial charge in [-0.2, -0.15) is 0 Å². The molecule has 1 aromatic heterocycles. The number of ether oxygens (including phenoxy) is 2. The van der Waals surface area contributed by atoms with Crippen LogP contribution in [0.1, 0.15) is 56.0 Å². The van der Waals surface area contributed by atoms with Gasteiger partial charge in [0.25, 0.3) is 0 Å². The van der Waals surface area contributed by atoms with Crippen molar-refractivity contribution in [2.24, 2.45) is 11.8 Å². The van der Waals surface area contributed by atoms with E-state index in [4.69, 9.17) is 9.47 Å². The van der Waals surface area contributed by atoms with Crippen molar-refractivity contribution in [1.29, 1.82) is 0 Å². The van der Waals surface area contributed by atoms with Crippen LogP contribution in [0.25, 0.3) is 0 Å². The number of esters is 1. The molecule has 0 saturated heterocycles. The zero-order valence-corrected chi connectivity index (χ0v) is 19.0. The third kappa shape index (κ3) is 6.17. The summed E-state index contributed by atoms with van der Waals surface area (Å²) in [7, 11) is 1.37. The second-order valence-electron chi connectivity index (χ2n) is 7.82. The molecule has 1 aliphatic rings. The Labute approximate surface area is 177 Å². The maximum Gasteiger partial charge on any atom is 0.407 e. The van der Waals surface area contributed by atoms with Gasteiger partial charge in [-0.05, 0) is 80.5 Å². The minimum atomic E-state index is -0.569. The highest BCUT2D eigenvalue weighted by Crippen LogP contribution is 2.35. The molecule has 2 rings (SSSR count). The lowest BCUT2D eigenvalue weighted by atomic mass is 9.75. The lowest BCUT2D eigenvalue weighted by molar-refractivity contribution is -0.112.